The number of aryl methyl sites for hydroxylation is 1. The summed E-state index contributed by atoms with van der Waals surface area (Å²) in [7, 11) is 1.96. The van der Waals surface area contributed by atoms with Crippen LogP contribution in [0.1, 0.15) is 16.8 Å². The molecule has 0 aliphatic rings. The number of rotatable bonds is 5. The SMILES string of the molecule is Cc1ccccc1Nc1nc(CO)c(C)c(N(C)c2ccccc2)n1. The summed E-state index contributed by atoms with van der Waals surface area (Å²) in [6, 6.07) is 18.0. The number of nitrogens with one attached hydrogen (secondary N) is 1. The lowest BCUT2D eigenvalue weighted by molar-refractivity contribution is 0.276. The topological polar surface area (TPSA) is 61.3 Å². The zero-order chi connectivity index (χ0) is 17.8. The fourth-order valence-corrected chi connectivity index (χ4v) is 2.69. The van der Waals surface area contributed by atoms with Crippen molar-refractivity contribution < 1.29 is 5.11 Å². The molecule has 0 unspecified atom stereocenters. The average Bonchev–Trinajstić information content (AvgIpc) is 2.65. The normalized spacial score (nSPS) is 10.6. The number of aliphatic hydroxyl groups excluding tert-OH is 1. The van der Waals surface area contributed by atoms with Gasteiger partial charge >= 0.3 is 0 Å². The first-order valence-corrected chi connectivity index (χ1v) is 8.20. The molecule has 0 saturated heterocycles. The Morgan fingerprint density at radius 3 is 2.32 bits per heavy atom. The van der Waals surface area contributed by atoms with Gasteiger partial charge in [0.15, 0.2) is 0 Å². The van der Waals surface area contributed by atoms with Gasteiger partial charge in [0.2, 0.25) is 5.95 Å². The fourth-order valence-electron chi connectivity index (χ4n) is 2.69. The van der Waals surface area contributed by atoms with Crippen LogP contribution in [0.3, 0.4) is 0 Å². The van der Waals surface area contributed by atoms with E-state index in [1.54, 1.807) is 0 Å². The molecule has 0 aliphatic carbocycles. The quantitative estimate of drug-likeness (QED) is 0.736. The molecule has 3 aromatic rings. The van der Waals surface area contributed by atoms with Crippen LogP contribution in [0.25, 0.3) is 0 Å². The summed E-state index contributed by atoms with van der Waals surface area (Å²) in [5.74, 6) is 1.24. The third-order valence-corrected chi connectivity index (χ3v) is 4.22. The second-order valence-electron chi connectivity index (χ2n) is 5.94. The number of hydrogen-bond donors (Lipinski definition) is 2. The molecule has 3 rings (SSSR count). The maximum absolute atomic E-state index is 9.70. The molecule has 2 aromatic carbocycles. The van der Waals surface area contributed by atoms with Crippen LogP contribution in [0.2, 0.25) is 0 Å². The number of benzene rings is 2. The molecule has 1 aromatic heterocycles. The van der Waals surface area contributed by atoms with Gasteiger partial charge in [-0.15, -0.1) is 0 Å². The molecule has 5 heteroatoms. The van der Waals surface area contributed by atoms with Gasteiger partial charge in [0.25, 0.3) is 0 Å². The summed E-state index contributed by atoms with van der Waals surface area (Å²) in [6.07, 6.45) is 0. The Labute approximate surface area is 148 Å². The van der Waals surface area contributed by atoms with E-state index in [9.17, 15) is 5.11 Å². The molecular formula is C20H22N4O. The van der Waals surface area contributed by atoms with Gasteiger partial charge in [-0.2, -0.15) is 4.98 Å². The maximum Gasteiger partial charge on any atom is 0.229 e. The van der Waals surface area contributed by atoms with E-state index in [0.717, 1.165) is 28.3 Å². The Balaban J connectivity index is 2.02. The summed E-state index contributed by atoms with van der Waals surface area (Å²) in [5, 5.41) is 13.0. The molecule has 2 N–H and O–H groups in total. The predicted octanol–water partition coefficient (Wildman–Crippen LogP) is 4.10. The van der Waals surface area contributed by atoms with Gasteiger partial charge in [0.05, 0.1) is 12.3 Å². The van der Waals surface area contributed by atoms with E-state index < -0.39 is 0 Å². The number of anilines is 4. The minimum absolute atomic E-state index is 0.133. The molecule has 0 spiro atoms. The summed E-state index contributed by atoms with van der Waals surface area (Å²) in [6.45, 7) is 3.82. The zero-order valence-corrected chi connectivity index (χ0v) is 14.7. The van der Waals surface area contributed by atoms with Crippen LogP contribution in [0.15, 0.2) is 54.6 Å². The van der Waals surface area contributed by atoms with Crippen molar-refractivity contribution in [3.05, 3.63) is 71.4 Å². The van der Waals surface area contributed by atoms with Crippen LogP contribution in [-0.2, 0) is 6.61 Å². The molecule has 0 atom stereocenters. The van der Waals surface area contributed by atoms with Crippen molar-refractivity contribution in [2.75, 3.05) is 17.3 Å². The highest BCUT2D eigenvalue weighted by Crippen LogP contribution is 2.28. The van der Waals surface area contributed by atoms with Crippen LogP contribution in [0.5, 0.6) is 0 Å². The number of para-hydroxylation sites is 2. The van der Waals surface area contributed by atoms with Gasteiger partial charge in [-0.25, -0.2) is 4.98 Å². The molecule has 25 heavy (non-hydrogen) atoms. The molecule has 1 heterocycles. The van der Waals surface area contributed by atoms with Gasteiger partial charge in [-0.3, -0.25) is 0 Å². The van der Waals surface area contributed by atoms with Gasteiger partial charge in [0.1, 0.15) is 5.82 Å². The van der Waals surface area contributed by atoms with Crippen LogP contribution in [0, 0.1) is 13.8 Å². The number of aliphatic hydroxyl groups is 1. The second-order valence-corrected chi connectivity index (χ2v) is 5.94. The van der Waals surface area contributed by atoms with Gasteiger partial charge in [0, 0.05) is 24.0 Å². The van der Waals surface area contributed by atoms with E-state index in [4.69, 9.17) is 0 Å². The highest BCUT2D eigenvalue weighted by atomic mass is 16.3. The zero-order valence-electron chi connectivity index (χ0n) is 14.7. The lowest BCUT2D eigenvalue weighted by Crippen LogP contribution is -2.16. The van der Waals surface area contributed by atoms with E-state index in [-0.39, 0.29) is 6.61 Å². The smallest absolute Gasteiger partial charge is 0.229 e. The van der Waals surface area contributed by atoms with Gasteiger partial charge in [-0.05, 0) is 37.6 Å². The predicted molar refractivity (Wildman–Crippen MR) is 102 cm³/mol. The molecule has 128 valence electrons. The Bertz CT molecular complexity index is 865. The lowest BCUT2D eigenvalue weighted by atomic mass is 10.2. The third-order valence-electron chi connectivity index (χ3n) is 4.22. The molecule has 5 nitrogen and oxygen atoms in total. The lowest BCUT2D eigenvalue weighted by Gasteiger charge is -2.22. The van der Waals surface area contributed by atoms with Crippen LogP contribution < -0.4 is 10.2 Å². The van der Waals surface area contributed by atoms with Crippen molar-refractivity contribution >= 4 is 23.1 Å². The van der Waals surface area contributed by atoms with Crippen molar-refractivity contribution in [3.63, 3.8) is 0 Å². The van der Waals surface area contributed by atoms with E-state index in [0.29, 0.717) is 11.6 Å². The van der Waals surface area contributed by atoms with E-state index in [1.165, 1.54) is 0 Å². The van der Waals surface area contributed by atoms with Crippen molar-refractivity contribution in [2.24, 2.45) is 0 Å². The Hall–Kier alpha value is -2.92. The van der Waals surface area contributed by atoms with Crippen molar-refractivity contribution in [3.8, 4) is 0 Å². The molecular weight excluding hydrogens is 312 g/mol. The van der Waals surface area contributed by atoms with Crippen molar-refractivity contribution in [2.45, 2.75) is 20.5 Å². The Morgan fingerprint density at radius 1 is 0.960 bits per heavy atom. The number of aromatic nitrogens is 2. The van der Waals surface area contributed by atoms with Gasteiger partial charge in [-0.1, -0.05) is 36.4 Å². The van der Waals surface area contributed by atoms with Crippen molar-refractivity contribution in [1.29, 1.82) is 0 Å². The number of nitrogens with zero attached hydrogens (tertiary/aromatic N) is 3. The molecule has 0 aliphatic heterocycles. The second kappa shape index (κ2) is 7.32. The van der Waals surface area contributed by atoms with E-state index in [1.807, 2.05) is 80.4 Å². The summed E-state index contributed by atoms with van der Waals surface area (Å²) in [4.78, 5) is 11.2. The summed E-state index contributed by atoms with van der Waals surface area (Å²) < 4.78 is 0. The first kappa shape index (κ1) is 16.9. The highest BCUT2D eigenvalue weighted by molar-refractivity contribution is 5.66. The molecule has 0 amide bonds. The minimum atomic E-state index is -0.133. The molecule has 0 bridgehead atoms. The third kappa shape index (κ3) is 3.61. The Morgan fingerprint density at radius 2 is 1.64 bits per heavy atom. The first-order chi connectivity index (χ1) is 12.1. The minimum Gasteiger partial charge on any atom is -0.390 e. The first-order valence-electron chi connectivity index (χ1n) is 8.20. The van der Waals surface area contributed by atoms with Gasteiger partial charge < -0.3 is 15.3 Å². The largest absolute Gasteiger partial charge is 0.390 e. The standard InChI is InChI=1S/C20H22N4O/c1-14-9-7-8-12-17(14)21-20-22-18(13-25)15(2)19(23-20)24(3)16-10-5-4-6-11-16/h4-12,25H,13H2,1-3H3,(H,21,22,23). The maximum atomic E-state index is 9.70. The van der Waals surface area contributed by atoms with Crippen LogP contribution in [-0.4, -0.2) is 22.1 Å². The summed E-state index contributed by atoms with van der Waals surface area (Å²) in [5.41, 5.74) is 4.56. The van der Waals surface area contributed by atoms with Crippen LogP contribution >= 0.6 is 0 Å². The average molecular weight is 334 g/mol. The van der Waals surface area contributed by atoms with E-state index in [2.05, 4.69) is 15.3 Å². The Kier molecular flexibility index (Phi) is 4.95. The highest BCUT2D eigenvalue weighted by Gasteiger charge is 2.15. The van der Waals surface area contributed by atoms with Crippen LogP contribution in [0.4, 0.5) is 23.1 Å². The number of hydrogen-bond acceptors (Lipinski definition) is 5. The molecule has 0 saturated carbocycles. The van der Waals surface area contributed by atoms with Crippen molar-refractivity contribution in [1.82, 2.24) is 9.97 Å². The molecule has 0 fully saturated rings. The molecule has 0 radical (unpaired) electrons. The van der Waals surface area contributed by atoms with E-state index >= 15 is 0 Å². The monoisotopic (exact) mass is 334 g/mol. The summed E-state index contributed by atoms with van der Waals surface area (Å²) >= 11 is 0. The fraction of sp³-hybridized carbons (Fsp3) is 0.200.